The predicted molar refractivity (Wildman–Crippen MR) is 42.0 cm³/mol. The van der Waals surface area contributed by atoms with Crippen LogP contribution in [0.1, 0.15) is 26.2 Å². The van der Waals surface area contributed by atoms with Crippen molar-refractivity contribution in [1.29, 1.82) is 0 Å². The van der Waals surface area contributed by atoms with Crippen LogP contribution in [0.5, 0.6) is 0 Å². The van der Waals surface area contributed by atoms with Crippen LogP contribution in [0.15, 0.2) is 0 Å². The lowest BCUT2D eigenvalue weighted by Gasteiger charge is -2.16. The van der Waals surface area contributed by atoms with E-state index in [9.17, 15) is 5.11 Å². The van der Waals surface area contributed by atoms with E-state index in [1.54, 1.807) is 0 Å². The Balaban J connectivity index is 2.26. The number of aliphatic hydroxyl groups excluding tert-OH is 1. The molecule has 0 saturated carbocycles. The molecule has 1 saturated heterocycles. The number of likely N-dealkylation sites (tertiary alicyclic amines) is 1. The molecule has 0 spiro atoms. The van der Waals surface area contributed by atoms with Gasteiger partial charge in [-0.2, -0.15) is 0 Å². The standard InChI is InChI=1S/C8H17NO/c1-2-9-6-3-4-8(10)5-7-9/h8,10H,2-7H2,1H3/t8-/m1/s1. The highest BCUT2D eigenvalue weighted by Crippen LogP contribution is 2.09. The van der Waals surface area contributed by atoms with E-state index in [1.807, 2.05) is 0 Å². The van der Waals surface area contributed by atoms with Crippen LogP contribution in [-0.2, 0) is 0 Å². The van der Waals surface area contributed by atoms with Crippen molar-refractivity contribution in [3.63, 3.8) is 0 Å². The third-order valence-electron chi connectivity index (χ3n) is 2.24. The fraction of sp³-hybridized carbons (Fsp3) is 1.00. The zero-order chi connectivity index (χ0) is 7.40. The van der Waals surface area contributed by atoms with Crippen LogP contribution in [0.3, 0.4) is 0 Å². The monoisotopic (exact) mass is 143 g/mol. The first-order chi connectivity index (χ1) is 4.83. The average Bonchev–Trinajstić information content (AvgIpc) is 2.14. The highest BCUT2D eigenvalue weighted by atomic mass is 16.3. The van der Waals surface area contributed by atoms with Gasteiger partial charge in [0.2, 0.25) is 0 Å². The molecular formula is C8H17NO. The number of hydrogen-bond donors (Lipinski definition) is 1. The zero-order valence-corrected chi connectivity index (χ0v) is 6.71. The molecule has 1 rings (SSSR count). The van der Waals surface area contributed by atoms with Crippen LogP contribution in [0.2, 0.25) is 0 Å². The van der Waals surface area contributed by atoms with Gasteiger partial charge in [0.05, 0.1) is 6.10 Å². The number of hydrogen-bond acceptors (Lipinski definition) is 2. The van der Waals surface area contributed by atoms with Gasteiger partial charge < -0.3 is 10.0 Å². The minimum absolute atomic E-state index is 0.0310. The van der Waals surface area contributed by atoms with Crippen molar-refractivity contribution in [3.05, 3.63) is 0 Å². The summed E-state index contributed by atoms with van der Waals surface area (Å²) >= 11 is 0. The summed E-state index contributed by atoms with van der Waals surface area (Å²) in [6.07, 6.45) is 3.09. The number of rotatable bonds is 1. The Hall–Kier alpha value is -0.0800. The van der Waals surface area contributed by atoms with Gasteiger partial charge in [0.15, 0.2) is 0 Å². The summed E-state index contributed by atoms with van der Waals surface area (Å²) in [5.74, 6) is 0. The summed E-state index contributed by atoms with van der Waals surface area (Å²) < 4.78 is 0. The highest BCUT2D eigenvalue weighted by Gasteiger charge is 2.12. The first kappa shape index (κ1) is 8.02. The Morgan fingerprint density at radius 1 is 1.40 bits per heavy atom. The van der Waals surface area contributed by atoms with E-state index in [0.717, 1.165) is 32.4 Å². The summed E-state index contributed by atoms with van der Waals surface area (Å²) in [5, 5.41) is 9.28. The van der Waals surface area contributed by atoms with E-state index >= 15 is 0 Å². The molecule has 1 aliphatic rings. The number of aliphatic hydroxyl groups is 1. The molecule has 1 fully saturated rings. The van der Waals surface area contributed by atoms with Crippen molar-refractivity contribution in [2.75, 3.05) is 19.6 Å². The van der Waals surface area contributed by atoms with Crippen molar-refractivity contribution < 1.29 is 5.11 Å². The average molecular weight is 143 g/mol. The van der Waals surface area contributed by atoms with Gasteiger partial charge in [0.1, 0.15) is 0 Å². The lowest BCUT2D eigenvalue weighted by molar-refractivity contribution is 0.156. The molecule has 0 bridgehead atoms. The quantitative estimate of drug-likeness (QED) is 0.588. The second-order valence-electron chi connectivity index (χ2n) is 3.02. The smallest absolute Gasteiger partial charge is 0.0553 e. The zero-order valence-electron chi connectivity index (χ0n) is 6.71. The van der Waals surface area contributed by atoms with Gasteiger partial charge in [-0.15, -0.1) is 0 Å². The van der Waals surface area contributed by atoms with Crippen LogP contribution < -0.4 is 0 Å². The second-order valence-corrected chi connectivity index (χ2v) is 3.02. The molecule has 0 amide bonds. The van der Waals surface area contributed by atoms with E-state index in [2.05, 4.69) is 11.8 Å². The van der Waals surface area contributed by atoms with Crippen LogP contribution in [0.25, 0.3) is 0 Å². The Bertz CT molecular complexity index is 95.3. The Morgan fingerprint density at radius 3 is 2.90 bits per heavy atom. The van der Waals surface area contributed by atoms with Crippen molar-refractivity contribution in [2.45, 2.75) is 32.3 Å². The topological polar surface area (TPSA) is 23.5 Å². The van der Waals surface area contributed by atoms with Gasteiger partial charge in [0.25, 0.3) is 0 Å². The fourth-order valence-electron chi connectivity index (χ4n) is 1.45. The van der Waals surface area contributed by atoms with Gasteiger partial charge in [-0.25, -0.2) is 0 Å². The van der Waals surface area contributed by atoms with Crippen molar-refractivity contribution in [1.82, 2.24) is 4.90 Å². The third-order valence-corrected chi connectivity index (χ3v) is 2.24. The molecular weight excluding hydrogens is 126 g/mol. The maximum Gasteiger partial charge on any atom is 0.0553 e. The lowest BCUT2D eigenvalue weighted by Crippen LogP contribution is -2.24. The first-order valence-electron chi connectivity index (χ1n) is 4.23. The second kappa shape index (κ2) is 3.94. The SMILES string of the molecule is CCN1CCC[C@@H](O)CC1. The summed E-state index contributed by atoms with van der Waals surface area (Å²) in [5.41, 5.74) is 0. The molecule has 1 N–H and O–H groups in total. The maximum absolute atomic E-state index is 9.28. The summed E-state index contributed by atoms with van der Waals surface area (Å²) in [7, 11) is 0. The summed E-state index contributed by atoms with van der Waals surface area (Å²) in [6, 6.07) is 0. The van der Waals surface area contributed by atoms with E-state index in [0.29, 0.717) is 0 Å². The van der Waals surface area contributed by atoms with Crippen molar-refractivity contribution >= 4 is 0 Å². The Kier molecular flexibility index (Phi) is 3.16. The predicted octanol–water partition coefficient (Wildman–Crippen LogP) is 0.853. The molecule has 60 valence electrons. The van der Waals surface area contributed by atoms with Gasteiger partial charge >= 0.3 is 0 Å². The van der Waals surface area contributed by atoms with Gasteiger partial charge in [0, 0.05) is 6.54 Å². The molecule has 1 aliphatic heterocycles. The largest absolute Gasteiger partial charge is 0.393 e. The van der Waals surface area contributed by atoms with Crippen LogP contribution in [0, 0.1) is 0 Å². The molecule has 0 unspecified atom stereocenters. The van der Waals surface area contributed by atoms with Crippen LogP contribution >= 0.6 is 0 Å². The maximum atomic E-state index is 9.28. The lowest BCUT2D eigenvalue weighted by atomic mass is 10.2. The number of nitrogens with zero attached hydrogens (tertiary/aromatic N) is 1. The van der Waals surface area contributed by atoms with Crippen LogP contribution in [-0.4, -0.2) is 35.7 Å². The third kappa shape index (κ3) is 2.27. The molecule has 1 atom stereocenters. The molecule has 0 radical (unpaired) electrons. The first-order valence-corrected chi connectivity index (χ1v) is 4.23. The van der Waals surface area contributed by atoms with Gasteiger partial charge in [-0.05, 0) is 32.4 Å². The minimum Gasteiger partial charge on any atom is -0.393 e. The molecule has 10 heavy (non-hydrogen) atoms. The highest BCUT2D eigenvalue weighted by molar-refractivity contribution is 4.67. The molecule has 2 nitrogen and oxygen atoms in total. The van der Waals surface area contributed by atoms with E-state index < -0.39 is 0 Å². The summed E-state index contributed by atoms with van der Waals surface area (Å²) in [4.78, 5) is 2.40. The van der Waals surface area contributed by atoms with Crippen molar-refractivity contribution in [2.24, 2.45) is 0 Å². The van der Waals surface area contributed by atoms with E-state index in [4.69, 9.17) is 0 Å². The van der Waals surface area contributed by atoms with E-state index in [1.165, 1.54) is 6.54 Å². The fourth-order valence-corrected chi connectivity index (χ4v) is 1.45. The molecule has 2 heteroatoms. The summed E-state index contributed by atoms with van der Waals surface area (Å²) in [6.45, 7) is 5.57. The molecule has 0 aliphatic carbocycles. The normalized spacial score (nSPS) is 30.0. The molecule has 0 aromatic carbocycles. The van der Waals surface area contributed by atoms with Crippen molar-refractivity contribution in [3.8, 4) is 0 Å². The molecule has 0 aromatic rings. The van der Waals surface area contributed by atoms with Gasteiger partial charge in [-0.3, -0.25) is 0 Å². The van der Waals surface area contributed by atoms with E-state index in [-0.39, 0.29) is 6.10 Å². The molecule has 1 heterocycles. The van der Waals surface area contributed by atoms with Gasteiger partial charge in [-0.1, -0.05) is 6.92 Å². The molecule has 0 aromatic heterocycles. The van der Waals surface area contributed by atoms with Crippen LogP contribution in [0.4, 0.5) is 0 Å². The Labute approximate surface area is 62.8 Å². The minimum atomic E-state index is -0.0310. The Morgan fingerprint density at radius 2 is 2.20 bits per heavy atom.